The van der Waals surface area contributed by atoms with E-state index < -0.39 is 30.3 Å². The topological polar surface area (TPSA) is 81.8 Å². The summed E-state index contributed by atoms with van der Waals surface area (Å²) in [6.07, 6.45) is 0.280. The fourth-order valence-corrected chi connectivity index (χ4v) is 2.19. The van der Waals surface area contributed by atoms with Crippen LogP contribution in [0.5, 0.6) is 0 Å². The van der Waals surface area contributed by atoms with Gasteiger partial charge in [0.15, 0.2) is 0 Å². The van der Waals surface area contributed by atoms with Gasteiger partial charge in [0, 0.05) is 0 Å². The third-order valence-electron chi connectivity index (χ3n) is 4.25. The second-order valence-electron chi connectivity index (χ2n) is 6.48. The van der Waals surface area contributed by atoms with Crippen molar-refractivity contribution in [2.75, 3.05) is 0 Å². The summed E-state index contributed by atoms with van der Waals surface area (Å²) in [4.78, 5) is 10.8. The van der Waals surface area contributed by atoms with E-state index >= 15 is 0 Å². The van der Waals surface area contributed by atoms with Crippen LogP contribution < -0.4 is 11.2 Å². The summed E-state index contributed by atoms with van der Waals surface area (Å²) in [6.45, 7) is 7.99. The summed E-state index contributed by atoms with van der Waals surface area (Å²) in [7, 11) is -0.448. The molecule has 0 unspecified atom stereocenters. The van der Waals surface area contributed by atoms with Crippen LogP contribution in [0.2, 0.25) is 0 Å². The van der Waals surface area contributed by atoms with Gasteiger partial charge in [-0.2, -0.15) is 0 Å². The SMILES string of the molecule is CC1(C)OB(c2cccc(C[C@@H](N)C(=O)O)c2)OC1(C)C. The van der Waals surface area contributed by atoms with Crippen molar-refractivity contribution in [1.82, 2.24) is 0 Å². The first-order chi connectivity index (χ1) is 9.62. The number of carbonyl (C=O) groups is 1. The van der Waals surface area contributed by atoms with Crippen molar-refractivity contribution in [3.63, 3.8) is 0 Å². The maximum atomic E-state index is 10.8. The lowest BCUT2D eigenvalue weighted by Crippen LogP contribution is -2.41. The van der Waals surface area contributed by atoms with Gasteiger partial charge in [-0.15, -0.1) is 0 Å². The molecule has 6 heteroatoms. The number of rotatable bonds is 4. The van der Waals surface area contributed by atoms with Gasteiger partial charge in [-0.25, -0.2) is 0 Å². The quantitative estimate of drug-likeness (QED) is 0.807. The van der Waals surface area contributed by atoms with Crippen molar-refractivity contribution in [1.29, 1.82) is 0 Å². The number of hydrogen-bond donors (Lipinski definition) is 2. The Labute approximate surface area is 125 Å². The molecule has 1 aliphatic rings. The zero-order valence-electron chi connectivity index (χ0n) is 12.9. The number of carboxylic acid groups (broad SMARTS) is 1. The van der Waals surface area contributed by atoms with E-state index in [4.69, 9.17) is 20.1 Å². The minimum absolute atomic E-state index is 0.280. The van der Waals surface area contributed by atoms with Gasteiger partial charge in [-0.1, -0.05) is 24.3 Å². The average molecular weight is 291 g/mol. The molecular weight excluding hydrogens is 269 g/mol. The molecule has 0 aliphatic carbocycles. The van der Waals surface area contributed by atoms with Crippen molar-refractivity contribution in [2.24, 2.45) is 5.73 Å². The lowest BCUT2D eigenvalue weighted by Gasteiger charge is -2.32. The maximum absolute atomic E-state index is 10.8. The summed E-state index contributed by atoms with van der Waals surface area (Å²) < 4.78 is 12.0. The predicted octanol–water partition coefficient (Wildman–Crippen LogP) is 0.940. The van der Waals surface area contributed by atoms with E-state index in [2.05, 4.69) is 0 Å². The van der Waals surface area contributed by atoms with Crippen LogP contribution in [-0.4, -0.2) is 35.4 Å². The summed E-state index contributed by atoms with van der Waals surface area (Å²) in [5, 5.41) is 8.89. The molecule has 0 saturated carbocycles. The van der Waals surface area contributed by atoms with Crippen LogP contribution in [-0.2, 0) is 20.5 Å². The Morgan fingerprint density at radius 3 is 2.38 bits per heavy atom. The molecule has 114 valence electrons. The second-order valence-corrected chi connectivity index (χ2v) is 6.48. The standard InChI is InChI=1S/C15H22BNO4/c1-14(2)15(3,4)21-16(20-14)11-7-5-6-10(8-11)9-12(17)13(18)19/h5-8,12H,9,17H2,1-4H3,(H,18,19)/t12-/m1/s1. The lowest BCUT2D eigenvalue weighted by atomic mass is 9.78. The van der Waals surface area contributed by atoms with E-state index in [0.29, 0.717) is 0 Å². The minimum atomic E-state index is -1.00. The molecule has 1 aromatic rings. The molecule has 0 radical (unpaired) electrons. The van der Waals surface area contributed by atoms with E-state index in [1.807, 2.05) is 52.0 Å². The van der Waals surface area contributed by atoms with Gasteiger partial charge < -0.3 is 20.1 Å². The van der Waals surface area contributed by atoms with Crippen LogP contribution in [0.25, 0.3) is 0 Å². The van der Waals surface area contributed by atoms with E-state index in [-0.39, 0.29) is 6.42 Å². The molecule has 0 bridgehead atoms. The normalized spacial score (nSPS) is 21.3. The number of aliphatic carboxylic acids is 1. The molecule has 1 atom stereocenters. The van der Waals surface area contributed by atoms with Gasteiger partial charge in [0.2, 0.25) is 0 Å². The first kappa shape index (κ1) is 16.0. The molecule has 3 N–H and O–H groups in total. The Kier molecular flexibility index (Phi) is 4.15. The molecule has 0 spiro atoms. The van der Waals surface area contributed by atoms with Crippen LogP contribution in [0.3, 0.4) is 0 Å². The van der Waals surface area contributed by atoms with E-state index in [0.717, 1.165) is 11.0 Å². The first-order valence-corrected chi connectivity index (χ1v) is 7.05. The van der Waals surface area contributed by atoms with Gasteiger partial charge in [-0.05, 0) is 45.1 Å². The van der Waals surface area contributed by atoms with Crippen molar-refractivity contribution in [3.8, 4) is 0 Å². The predicted molar refractivity (Wildman–Crippen MR) is 81.5 cm³/mol. The maximum Gasteiger partial charge on any atom is 0.494 e. The zero-order chi connectivity index (χ0) is 15.8. The molecule has 0 aromatic heterocycles. The number of nitrogens with two attached hydrogens (primary N) is 1. The molecule has 0 amide bonds. The number of hydrogen-bond acceptors (Lipinski definition) is 4. The Morgan fingerprint density at radius 2 is 1.86 bits per heavy atom. The molecular formula is C15H22BNO4. The van der Waals surface area contributed by atoms with Gasteiger partial charge in [-0.3, -0.25) is 4.79 Å². The summed E-state index contributed by atoms with van der Waals surface area (Å²) in [6, 6.07) is 6.63. The Morgan fingerprint density at radius 1 is 1.29 bits per heavy atom. The molecule has 1 aliphatic heterocycles. The average Bonchev–Trinajstić information content (AvgIpc) is 2.58. The smallest absolute Gasteiger partial charge is 0.480 e. The van der Waals surface area contributed by atoms with Crippen LogP contribution in [0, 0.1) is 0 Å². The molecule has 1 saturated heterocycles. The van der Waals surface area contributed by atoms with Gasteiger partial charge >= 0.3 is 13.1 Å². The molecule has 21 heavy (non-hydrogen) atoms. The lowest BCUT2D eigenvalue weighted by molar-refractivity contribution is -0.138. The van der Waals surface area contributed by atoms with Crippen molar-refractivity contribution in [2.45, 2.75) is 51.4 Å². The monoisotopic (exact) mass is 291 g/mol. The molecule has 5 nitrogen and oxygen atoms in total. The van der Waals surface area contributed by atoms with E-state index in [9.17, 15) is 4.79 Å². The summed E-state index contributed by atoms with van der Waals surface area (Å²) >= 11 is 0. The summed E-state index contributed by atoms with van der Waals surface area (Å²) in [5.74, 6) is -1.00. The second kappa shape index (κ2) is 5.44. The minimum Gasteiger partial charge on any atom is -0.480 e. The molecule has 1 heterocycles. The van der Waals surface area contributed by atoms with Crippen LogP contribution in [0.15, 0.2) is 24.3 Å². The molecule has 2 rings (SSSR count). The summed E-state index contributed by atoms with van der Waals surface area (Å²) in [5.41, 5.74) is 6.52. The third kappa shape index (κ3) is 3.28. The highest BCUT2D eigenvalue weighted by molar-refractivity contribution is 6.62. The van der Waals surface area contributed by atoms with E-state index in [1.165, 1.54) is 0 Å². The highest BCUT2D eigenvalue weighted by Gasteiger charge is 2.51. The Hall–Kier alpha value is -1.37. The van der Waals surface area contributed by atoms with Crippen molar-refractivity contribution in [3.05, 3.63) is 29.8 Å². The zero-order valence-corrected chi connectivity index (χ0v) is 12.9. The largest absolute Gasteiger partial charge is 0.494 e. The van der Waals surface area contributed by atoms with Crippen LogP contribution in [0.1, 0.15) is 33.3 Å². The van der Waals surface area contributed by atoms with Crippen molar-refractivity contribution >= 4 is 18.6 Å². The molecule has 1 aromatic carbocycles. The highest BCUT2D eigenvalue weighted by atomic mass is 16.7. The number of carboxylic acids is 1. The molecule has 1 fully saturated rings. The van der Waals surface area contributed by atoms with Crippen LogP contribution in [0.4, 0.5) is 0 Å². The van der Waals surface area contributed by atoms with Gasteiger partial charge in [0.25, 0.3) is 0 Å². The number of benzene rings is 1. The third-order valence-corrected chi connectivity index (χ3v) is 4.25. The highest BCUT2D eigenvalue weighted by Crippen LogP contribution is 2.36. The van der Waals surface area contributed by atoms with Gasteiger partial charge in [0.05, 0.1) is 11.2 Å². The fourth-order valence-electron chi connectivity index (χ4n) is 2.19. The van der Waals surface area contributed by atoms with E-state index in [1.54, 1.807) is 0 Å². The van der Waals surface area contributed by atoms with Crippen molar-refractivity contribution < 1.29 is 19.2 Å². The fraction of sp³-hybridized carbons (Fsp3) is 0.533. The first-order valence-electron chi connectivity index (χ1n) is 7.05. The van der Waals surface area contributed by atoms with Crippen LogP contribution >= 0.6 is 0 Å². The Bertz CT molecular complexity index is 528. The Balaban J connectivity index is 2.17. The van der Waals surface area contributed by atoms with Gasteiger partial charge in [0.1, 0.15) is 6.04 Å².